The number of rotatable bonds is 4. The molecule has 0 aliphatic carbocycles. The largest absolute Gasteiger partial charge is 0.493 e. The second-order valence-corrected chi connectivity index (χ2v) is 6.79. The molecule has 0 spiro atoms. The van der Waals surface area contributed by atoms with Crippen LogP contribution in [-0.2, 0) is 13.1 Å². The summed E-state index contributed by atoms with van der Waals surface area (Å²) in [6.45, 7) is 5.37. The quantitative estimate of drug-likeness (QED) is 0.760. The van der Waals surface area contributed by atoms with E-state index in [0.717, 1.165) is 36.7 Å². The van der Waals surface area contributed by atoms with Crippen molar-refractivity contribution in [1.82, 2.24) is 9.88 Å². The second kappa shape index (κ2) is 7.26. The number of hydrogen-bond acceptors (Lipinski definition) is 3. The third-order valence-corrected chi connectivity index (χ3v) is 4.84. The molecule has 0 atom stereocenters. The molecule has 26 heavy (non-hydrogen) atoms. The number of aryl methyl sites for hydroxylation is 1. The summed E-state index contributed by atoms with van der Waals surface area (Å²) in [5, 5.41) is 0. The van der Waals surface area contributed by atoms with E-state index < -0.39 is 0 Å². The summed E-state index contributed by atoms with van der Waals surface area (Å²) in [4.78, 5) is 5.69. The maximum Gasteiger partial charge on any atom is 0.165 e. The molecule has 1 aromatic heterocycles. The van der Waals surface area contributed by atoms with Crippen molar-refractivity contribution in [2.75, 3.05) is 20.3 Å². The van der Waals surface area contributed by atoms with Gasteiger partial charge < -0.3 is 14.5 Å². The first kappa shape index (κ1) is 16.7. The van der Waals surface area contributed by atoms with Crippen molar-refractivity contribution >= 4 is 0 Å². The lowest BCUT2D eigenvalue weighted by atomic mass is 10.0. The Bertz CT molecular complexity index is 870. The molecule has 0 radical (unpaired) electrons. The standard InChI is InChI=1S/C22H24N2O2/c1-16-5-7-17(8-6-16)18-12-19-14-24(15-20-4-3-9-23-20)10-11-26-22(19)21(13-18)25-2/h3-9,12-13,23H,10-11,14-15H2,1-2H3. The van der Waals surface area contributed by atoms with Gasteiger partial charge in [0.15, 0.2) is 11.5 Å². The summed E-state index contributed by atoms with van der Waals surface area (Å²) in [5.41, 5.74) is 6.00. The van der Waals surface area contributed by atoms with E-state index in [2.05, 4.69) is 59.3 Å². The highest BCUT2D eigenvalue weighted by atomic mass is 16.5. The zero-order valence-corrected chi connectivity index (χ0v) is 15.3. The number of nitrogens with one attached hydrogen (secondary N) is 1. The molecule has 1 aliphatic heterocycles. The highest BCUT2D eigenvalue weighted by molar-refractivity contribution is 5.69. The smallest absolute Gasteiger partial charge is 0.165 e. The van der Waals surface area contributed by atoms with E-state index in [-0.39, 0.29) is 0 Å². The summed E-state index contributed by atoms with van der Waals surface area (Å²) >= 11 is 0. The molecule has 4 rings (SSSR count). The van der Waals surface area contributed by atoms with Crippen LogP contribution in [0.2, 0.25) is 0 Å². The van der Waals surface area contributed by atoms with Gasteiger partial charge in [0.25, 0.3) is 0 Å². The topological polar surface area (TPSA) is 37.5 Å². The molecule has 0 unspecified atom stereocenters. The zero-order valence-electron chi connectivity index (χ0n) is 15.3. The number of fused-ring (bicyclic) bond motifs is 1. The third-order valence-electron chi connectivity index (χ3n) is 4.84. The van der Waals surface area contributed by atoms with Gasteiger partial charge in [-0.15, -0.1) is 0 Å². The number of H-pyrrole nitrogens is 1. The van der Waals surface area contributed by atoms with Gasteiger partial charge in [-0.1, -0.05) is 29.8 Å². The fourth-order valence-electron chi connectivity index (χ4n) is 3.44. The highest BCUT2D eigenvalue weighted by Crippen LogP contribution is 2.38. The van der Waals surface area contributed by atoms with Crippen LogP contribution in [-0.4, -0.2) is 30.1 Å². The average molecular weight is 348 g/mol. The third kappa shape index (κ3) is 3.46. The number of aromatic nitrogens is 1. The molecule has 3 aromatic rings. The van der Waals surface area contributed by atoms with Gasteiger partial charge in [0.1, 0.15) is 6.61 Å². The van der Waals surface area contributed by atoms with E-state index in [4.69, 9.17) is 9.47 Å². The predicted molar refractivity (Wildman–Crippen MR) is 104 cm³/mol. The minimum absolute atomic E-state index is 0.661. The monoisotopic (exact) mass is 348 g/mol. The van der Waals surface area contributed by atoms with Crippen LogP contribution in [0, 0.1) is 6.92 Å². The summed E-state index contributed by atoms with van der Waals surface area (Å²) in [7, 11) is 1.71. The van der Waals surface area contributed by atoms with E-state index in [1.165, 1.54) is 22.4 Å². The first-order valence-electron chi connectivity index (χ1n) is 8.98. The van der Waals surface area contributed by atoms with Crippen molar-refractivity contribution in [2.45, 2.75) is 20.0 Å². The van der Waals surface area contributed by atoms with E-state index in [0.29, 0.717) is 6.61 Å². The Hall–Kier alpha value is -2.72. The molecule has 0 amide bonds. The van der Waals surface area contributed by atoms with Gasteiger partial charge >= 0.3 is 0 Å². The number of hydrogen-bond donors (Lipinski definition) is 1. The van der Waals surface area contributed by atoms with Crippen molar-refractivity contribution in [3.8, 4) is 22.6 Å². The molecule has 2 aromatic carbocycles. The molecule has 0 saturated heterocycles. The molecule has 134 valence electrons. The molecule has 1 N–H and O–H groups in total. The molecule has 0 saturated carbocycles. The number of methoxy groups -OCH3 is 1. The van der Waals surface area contributed by atoms with Crippen LogP contribution in [0.1, 0.15) is 16.8 Å². The first-order chi connectivity index (χ1) is 12.7. The van der Waals surface area contributed by atoms with Crippen molar-refractivity contribution in [3.63, 3.8) is 0 Å². The fraction of sp³-hybridized carbons (Fsp3) is 0.273. The Kier molecular flexibility index (Phi) is 4.67. The van der Waals surface area contributed by atoms with Gasteiger partial charge in [-0.05, 0) is 42.3 Å². The van der Waals surface area contributed by atoms with Gasteiger partial charge in [0, 0.05) is 37.1 Å². The van der Waals surface area contributed by atoms with Crippen LogP contribution in [0.15, 0.2) is 54.7 Å². The highest BCUT2D eigenvalue weighted by Gasteiger charge is 2.20. The van der Waals surface area contributed by atoms with Crippen LogP contribution in [0.4, 0.5) is 0 Å². The lowest BCUT2D eigenvalue weighted by Gasteiger charge is -2.19. The Morgan fingerprint density at radius 2 is 1.96 bits per heavy atom. The van der Waals surface area contributed by atoms with E-state index in [1.807, 2.05) is 12.3 Å². The lowest BCUT2D eigenvalue weighted by Crippen LogP contribution is -2.25. The number of benzene rings is 2. The number of aromatic amines is 1. The van der Waals surface area contributed by atoms with Crippen LogP contribution in [0.3, 0.4) is 0 Å². The summed E-state index contributed by atoms with van der Waals surface area (Å²) < 4.78 is 11.7. The normalized spacial score (nSPS) is 14.4. The molecule has 0 bridgehead atoms. The van der Waals surface area contributed by atoms with Crippen molar-refractivity contribution in [3.05, 3.63) is 71.5 Å². The van der Waals surface area contributed by atoms with Crippen LogP contribution >= 0.6 is 0 Å². The van der Waals surface area contributed by atoms with Crippen molar-refractivity contribution in [1.29, 1.82) is 0 Å². The molecular weight excluding hydrogens is 324 g/mol. The number of nitrogens with zero attached hydrogens (tertiary/aromatic N) is 1. The van der Waals surface area contributed by atoms with Gasteiger partial charge in [-0.3, -0.25) is 4.90 Å². The summed E-state index contributed by atoms with van der Waals surface area (Å²) in [5.74, 6) is 1.68. The predicted octanol–water partition coefficient (Wildman–Crippen LogP) is 4.39. The second-order valence-electron chi connectivity index (χ2n) is 6.79. The summed E-state index contributed by atoms with van der Waals surface area (Å²) in [6.07, 6.45) is 1.97. The van der Waals surface area contributed by atoms with E-state index >= 15 is 0 Å². The van der Waals surface area contributed by atoms with Crippen molar-refractivity contribution in [2.24, 2.45) is 0 Å². The van der Waals surface area contributed by atoms with Crippen LogP contribution in [0.5, 0.6) is 11.5 Å². The Morgan fingerprint density at radius 1 is 1.12 bits per heavy atom. The molecule has 4 nitrogen and oxygen atoms in total. The molecular formula is C22H24N2O2. The first-order valence-corrected chi connectivity index (χ1v) is 8.98. The van der Waals surface area contributed by atoms with Gasteiger partial charge in [-0.2, -0.15) is 0 Å². The molecule has 2 heterocycles. The van der Waals surface area contributed by atoms with Gasteiger partial charge in [0.05, 0.1) is 7.11 Å². The fourth-order valence-corrected chi connectivity index (χ4v) is 3.44. The minimum atomic E-state index is 0.661. The van der Waals surface area contributed by atoms with Crippen molar-refractivity contribution < 1.29 is 9.47 Å². The SMILES string of the molecule is COc1cc(-c2ccc(C)cc2)cc2c1OCCN(Cc1ccc[nH]1)C2. The Labute approximate surface area is 154 Å². The maximum atomic E-state index is 6.05. The Balaban J connectivity index is 1.68. The Morgan fingerprint density at radius 3 is 2.69 bits per heavy atom. The van der Waals surface area contributed by atoms with Crippen LogP contribution in [0.25, 0.3) is 11.1 Å². The maximum absolute atomic E-state index is 6.05. The summed E-state index contributed by atoms with van der Waals surface area (Å²) in [6, 6.07) is 17.1. The molecule has 0 fully saturated rings. The lowest BCUT2D eigenvalue weighted by molar-refractivity contribution is 0.215. The number of ether oxygens (including phenoxy) is 2. The minimum Gasteiger partial charge on any atom is -0.493 e. The van der Waals surface area contributed by atoms with Gasteiger partial charge in [0.2, 0.25) is 0 Å². The van der Waals surface area contributed by atoms with Gasteiger partial charge in [-0.25, -0.2) is 0 Å². The zero-order chi connectivity index (χ0) is 17.9. The molecule has 1 aliphatic rings. The average Bonchev–Trinajstić information content (AvgIpc) is 3.07. The van der Waals surface area contributed by atoms with Crippen LogP contribution < -0.4 is 9.47 Å². The molecule has 4 heteroatoms. The van der Waals surface area contributed by atoms with E-state index in [9.17, 15) is 0 Å². The van der Waals surface area contributed by atoms with E-state index in [1.54, 1.807) is 7.11 Å².